The summed E-state index contributed by atoms with van der Waals surface area (Å²) in [6.45, 7) is 5.39. The van der Waals surface area contributed by atoms with Gasteiger partial charge in [0.1, 0.15) is 11.4 Å². The van der Waals surface area contributed by atoms with Gasteiger partial charge in [-0.3, -0.25) is 0 Å². The van der Waals surface area contributed by atoms with E-state index >= 15 is 0 Å². The molecule has 4 nitrogen and oxygen atoms in total. The standard InChI is InChI=1S/C18H18BrNO3/c1-18(2,3)23-17(22)20-11-12-4-6-13(7-5-12)14-8-9-16(21)15(19)10-14/h4-11,21H,1-3H3/b20-11+. The molecule has 2 aromatic rings. The fraction of sp³-hybridized carbons (Fsp3) is 0.222. The van der Waals surface area contributed by atoms with E-state index in [4.69, 9.17) is 4.74 Å². The summed E-state index contributed by atoms with van der Waals surface area (Å²) in [5.41, 5.74) is 2.23. The first-order valence-corrected chi connectivity index (χ1v) is 7.90. The number of benzene rings is 2. The molecule has 0 spiro atoms. The molecule has 23 heavy (non-hydrogen) atoms. The molecular weight excluding hydrogens is 358 g/mol. The largest absolute Gasteiger partial charge is 0.507 e. The van der Waals surface area contributed by atoms with E-state index in [0.29, 0.717) is 4.47 Å². The Balaban J connectivity index is 2.10. The lowest BCUT2D eigenvalue weighted by atomic mass is 10.0. The van der Waals surface area contributed by atoms with Crippen LogP contribution >= 0.6 is 15.9 Å². The maximum absolute atomic E-state index is 11.5. The normalized spacial score (nSPS) is 11.7. The van der Waals surface area contributed by atoms with E-state index < -0.39 is 11.7 Å². The molecule has 5 heteroatoms. The Morgan fingerprint density at radius 1 is 1.13 bits per heavy atom. The van der Waals surface area contributed by atoms with Crippen molar-refractivity contribution in [3.8, 4) is 16.9 Å². The number of phenolic OH excluding ortho intramolecular Hbond substituents is 1. The van der Waals surface area contributed by atoms with Crippen LogP contribution in [-0.2, 0) is 4.74 Å². The number of carbonyl (C=O) groups is 1. The SMILES string of the molecule is CC(C)(C)OC(=O)/N=C/c1ccc(-c2ccc(O)c(Br)c2)cc1. The van der Waals surface area contributed by atoms with Crippen LogP contribution in [0.5, 0.6) is 5.75 Å². The van der Waals surface area contributed by atoms with Gasteiger partial charge in [-0.1, -0.05) is 30.3 Å². The van der Waals surface area contributed by atoms with Crippen LogP contribution < -0.4 is 0 Å². The Morgan fingerprint density at radius 3 is 2.30 bits per heavy atom. The number of amides is 1. The molecule has 1 amide bonds. The van der Waals surface area contributed by atoms with Crippen LogP contribution in [0.15, 0.2) is 51.9 Å². The molecule has 2 aromatic carbocycles. The van der Waals surface area contributed by atoms with Gasteiger partial charge < -0.3 is 9.84 Å². The molecule has 0 saturated carbocycles. The predicted octanol–water partition coefficient (Wildman–Crippen LogP) is 5.18. The monoisotopic (exact) mass is 375 g/mol. The number of hydrogen-bond acceptors (Lipinski definition) is 3. The molecule has 0 unspecified atom stereocenters. The van der Waals surface area contributed by atoms with E-state index in [1.165, 1.54) is 6.21 Å². The van der Waals surface area contributed by atoms with Crippen molar-refractivity contribution in [3.05, 3.63) is 52.5 Å². The predicted molar refractivity (Wildman–Crippen MR) is 95.1 cm³/mol. The maximum atomic E-state index is 11.5. The van der Waals surface area contributed by atoms with Gasteiger partial charge in [0.15, 0.2) is 0 Å². The van der Waals surface area contributed by atoms with E-state index in [2.05, 4.69) is 20.9 Å². The summed E-state index contributed by atoms with van der Waals surface area (Å²) in [6, 6.07) is 12.9. The first-order chi connectivity index (χ1) is 10.7. The van der Waals surface area contributed by atoms with E-state index in [-0.39, 0.29) is 5.75 Å². The van der Waals surface area contributed by atoms with E-state index in [1.807, 2.05) is 36.4 Å². The number of nitrogens with zero attached hydrogens (tertiary/aromatic N) is 1. The second kappa shape index (κ2) is 6.96. The molecule has 120 valence electrons. The van der Waals surface area contributed by atoms with Crippen molar-refractivity contribution in [1.82, 2.24) is 0 Å². The average Bonchev–Trinajstić information content (AvgIpc) is 2.47. The summed E-state index contributed by atoms with van der Waals surface area (Å²) in [5.74, 6) is 0.204. The quantitative estimate of drug-likeness (QED) is 0.735. The molecule has 0 aliphatic carbocycles. The van der Waals surface area contributed by atoms with Gasteiger partial charge in [-0.05, 0) is 65.5 Å². The van der Waals surface area contributed by atoms with Gasteiger partial charge in [0.2, 0.25) is 0 Å². The topological polar surface area (TPSA) is 58.9 Å². The first kappa shape index (κ1) is 17.2. The number of hydrogen-bond donors (Lipinski definition) is 1. The van der Waals surface area contributed by atoms with Crippen molar-refractivity contribution >= 4 is 28.2 Å². The lowest BCUT2D eigenvalue weighted by Gasteiger charge is -2.17. The van der Waals surface area contributed by atoms with Crippen molar-refractivity contribution in [2.75, 3.05) is 0 Å². The maximum Gasteiger partial charge on any atom is 0.434 e. The van der Waals surface area contributed by atoms with Gasteiger partial charge in [0, 0.05) is 6.21 Å². The Kier molecular flexibility index (Phi) is 5.21. The highest BCUT2D eigenvalue weighted by atomic mass is 79.9. The highest BCUT2D eigenvalue weighted by molar-refractivity contribution is 9.10. The summed E-state index contributed by atoms with van der Waals surface area (Å²) in [5, 5.41) is 9.53. The third-order valence-corrected chi connectivity index (χ3v) is 3.54. The Labute approximate surface area is 144 Å². The fourth-order valence-corrected chi connectivity index (χ4v) is 2.24. The van der Waals surface area contributed by atoms with Crippen LogP contribution in [0.4, 0.5) is 4.79 Å². The fourth-order valence-electron chi connectivity index (χ4n) is 1.86. The number of carbonyl (C=O) groups excluding carboxylic acids is 1. The van der Waals surface area contributed by atoms with Gasteiger partial charge in [-0.2, -0.15) is 4.99 Å². The minimum absolute atomic E-state index is 0.204. The number of halogens is 1. The van der Waals surface area contributed by atoms with Gasteiger partial charge >= 0.3 is 6.09 Å². The summed E-state index contributed by atoms with van der Waals surface area (Å²) < 4.78 is 5.76. The Hall–Kier alpha value is -2.14. The molecule has 0 bridgehead atoms. The third kappa shape index (κ3) is 5.21. The highest BCUT2D eigenvalue weighted by Gasteiger charge is 2.14. The van der Waals surface area contributed by atoms with E-state index in [1.54, 1.807) is 26.8 Å². The molecule has 0 aliphatic heterocycles. The Morgan fingerprint density at radius 2 is 1.74 bits per heavy atom. The zero-order valence-electron chi connectivity index (χ0n) is 13.2. The van der Waals surface area contributed by atoms with Gasteiger partial charge in [0.25, 0.3) is 0 Å². The minimum Gasteiger partial charge on any atom is -0.507 e. The van der Waals surface area contributed by atoms with Crippen molar-refractivity contribution in [2.24, 2.45) is 4.99 Å². The average molecular weight is 376 g/mol. The van der Waals surface area contributed by atoms with E-state index in [0.717, 1.165) is 16.7 Å². The van der Waals surface area contributed by atoms with Gasteiger partial charge in [-0.15, -0.1) is 0 Å². The van der Waals surface area contributed by atoms with Crippen LogP contribution in [0.1, 0.15) is 26.3 Å². The summed E-state index contributed by atoms with van der Waals surface area (Å²) >= 11 is 3.30. The van der Waals surface area contributed by atoms with Crippen LogP contribution in [0.2, 0.25) is 0 Å². The molecule has 0 aromatic heterocycles. The molecule has 0 aliphatic rings. The molecule has 0 atom stereocenters. The van der Waals surface area contributed by atoms with Crippen LogP contribution in [0.25, 0.3) is 11.1 Å². The number of rotatable bonds is 2. The molecular formula is C18H18BrNO3. The summed E-state index contributed by atoms with van der Waals surface area (Å²) in [7, 11) is 0. The highest BCUT2D eigenvalue weighted by Crippen LogP contribution is 2.29. The molecule has 0 saturated heterocycles. The Bertz CT molecular complexity index is 731. The lowest BCUT2D eigenvalue weighted by Crippen LogP contribution is -2.21. The van der Waals surface area contributed by atoms with Crippen LogP contribution in [0, 0.1) is 0 Å². The van der Waals surface area contributed by atoms with Gasteiger partial charge in [0.05, 0.1) is 4.47 Å². The number of ether oxygens (including phenoxy) is 1. The second-order valence-corrected chi connectivity index (χ2v) is 6.88. The minimum atomic E-state index is -0.607. The molecule has 0 heterocycles. The number of phenols is 1. The lowest BCUT2D eigenvalue weighted by molar-refractivity contribution is 0.0605. The van der Waals surface area contributed by atoms with E-state index in [9.17, 15) is 9.90 Å². The molecule has 0 fully saturated rings. The summed E-state index contributed by atoms with van der Waals surface area (Å²) in [4.78, 5) is 15.3. The number of aliphatic imine (C=N–C) groups is 1. The second-order valence-electron chi connectivity index (χ2n) is 6.03. The summed E-state index contributed by atoms with van der Waals surface area (Å²) in [6.07, 6.45) is 0.869. The van der Waals surface area contributed by atoms with Crippen molar-refractivity contribution in [3.63, 3.8) is 0 Å². The molecule has 0 radical (unpaired) electrons. The van der Waals surface area contributed by atoms with Crippen LogP contribution in [0.3, 0.4) is 0 Å². The van der Waals surface area contributed by atoms with Crippen molar-refractivity contribution in [2.45, 2.75) is 26.4 Å². The third-order valence-electron chi connectivity index (χ3n) is 2.90. The van der Waals surface area contributed by atoms with Crippen LogP contribution in [-0.4, -0.2) is 23.0 Å². The smallest absolute Gasteiger partial charge is 0.434 e. The van der Waals surface area contributed by atoms with Gasteiger partial charge in [-0.25, -0.2) is 4.79 Å². The molecule has 1 N–H and O–H groups in total. The van der Waals surface area contributed by atoms with Crippen molar-refractivity contribution in [1.29, 1.82) is 0 Å². The zero-order valence-corrected chi connectivity index (χ0v) is 14.8. The van der Waals surface area contributed by atoms with Crippen molar-refractivity contribution < 1.29 is 14.6 Å². The number of aromatic hydroxyl groups is 1. The zero-order chi connectivity index (χ0) is 17.0. The molecule has 2 rings (SSSR count). The first-order valence-electron chi connectivity index (χ1n) is 7.10.